The third-order valence-electron chi connectivity index (χ3n) is 7.70. The number of hydrogen-bond acceptors (Lipinski definition) is 7. The van der Waals surface area contributed by atoms with Crippen molar-refractivity contribution in [3.8, 4) is 6.07 Å². The van der Waals surface area contributed by atoms with Crippen molar-refractivity contribution in [3.05, 3.63) is 62.0 Å². The molecule has 0 atom stereocenters. The largest absolute Gasteiger partial charge is 0.366 e. The smallest absolute Gasteiger partial charge is 0.270 e. The molecule has 1 aromatic carbocycles. The van der Waals surface area contributed by atoms with Gasteiger partial charge in [-0.2, -0.15) is 5.26 Å². The lowest BCUT2D eigenvalue weighted by molar-refractivity contribution is -0.122. The lowest BCUT2D eigenvalue weighted by Gasteiger charge is -2.39. The van der Waals surface area contributed by atoms with Gasteiger partial charge in [0.25, 0.3) is 11.5 Å². The predicted molar refractivity (Wildman–Crippen MR) is 170 cm³/mol. The minimum absolute atomic E-state index is 0.0878. The third-order valence-corrected chi connectivity index (χ3v) is 9.08. The van der Waals surface area contributed by atoms with Gasteiger partial charge in [0.15, 0.2) is 0 Å². The van der Waals surface area contributed by atoms with Crippen LogP contribution < -0.4 is 15.4 Å². The van der Waals surface area contributed by atoms with E-state index in [1.54, 1.807) is 28.5 Å². The Bertz CT molecular complexity index is 1420. The molecule has 218 valence electrons. The predicted octanol–water partition coefficient (Wildman–Crippen LogP) is 6.08. The first-order valence-electron chi connectivity index (χ1n) is 14.5. The average Bonchev–Trinajstić information content (AvgIpc) is 3.23. The molecule has 0 saturated carbocycles. The van der Waals surface area contributed by atoms with Crippen LogP contribution in [-0.4, -0.2) is 52.4 Å². The van der Waals surface area contributed by atoms with Gasteiger partial charge in [-0.25, -0.2) is 4.39 Å². The van der Waals surface area contributed by atoms with Crippen LogP contribution in [0.15, 0.2) is 34.0 Å². The second kappa shape index (κ2) is 14.1. The number of thiocarbonyl (C=S) groups is 1. The highest BCUT2D eigenvalue weighted by molar-refractivity contribution is 8.26. The molecule has 0 bridgehead atoms. The summed E-state index contributed by atoms with van der Waals surface area (Å²) in [7, 11) is 0. The number of nitriles is 1. The summed E-state index contributed by atoms with van der Waals surface area (Å²) < 4.78 is 16.7. The number of anilines is 2. The zero-order valence-electron chi connectivity index (χ0n) is 24.1. The Morgan fingerprint density at radius 3 is 2.34 bits per heavy atom. The average molecular weight is 596 g/mol. The number of carbonyl (C=O) groups is 1. The topological polar surface area (TPSA) is 72.6 Å². The number of amides is 1. The quantitative estimate of drug-likeness (QED) is 0.177. The minimum atomic E-state index is -0.324. The third kappa shape index (κ3) is 6.68. The van der Waals surface area contributed by atoms with E-state index in [2.05, 4.69) is 17.9 Å². The molecule has 41 heavy (non-hydrogen) atoms. The standard InChI is InChI=1S/C31H38FN5O2S2/c1-4-6-7-8-11-15-37-30(39)27(41-31(37)40)20-23-22(3)24(21-33)29(38)36(14-5-2)28(23)35-18-16-34(17-19-35)26-13-10-9-12-25(26)32/h9-10,12-13,20H,4-8,11,14-19H2,1-3H3/b27-20-. The van der Waals surface area contributed by atoms with Crippen LogP contribution in [0.4, 0.5) is 15.9 Å². The molecular formula is C31H38FN5O2S2. The van der Waals surface area contributed by atoms with Gasteiger partial charge >= 0.3 is 0 Å². The first-order chi connectivity index (χ1) is 19.8. The van der Waals surface area contributed by atoms with Gasteiger partial charge in [-0.3, -0.25) is 19.1 Å². The van der Waals surface area contributed by atoms with E-state index in [0.29, 0.717) is 77.5 Å². The number of para-hydroxylation sites is 1. The molecule has 4 rings (SSSR count). The summed E-state index contributed by atoms with van der Waals surface area (Å²) in [6.07, 6.45) is 7.96. The molecule has 0 N–H and O–H groups in total. The van der Waals surface area contributed by atoms with Crippen LogP contribution >= 0.6 is 24.0 Å². The molecule has 3 heterocycles. The number of rotatable bonds is 11. The number of nitrogens with zero attached hydrogens (tertiary/aromatic N) is 5. The molecule has 2 saturated heterocycles. The molecule has 7 nitrogen and oxygen atoms in total. The van der Waals surface area contributed by atoms with E-state index in [1.807, 2.05) is 24.0 Å². The highest BCUT2D eigenvalue weighted by Gasteiger charge is 2.33. The van der Waals surface area contributed by atoms with Crippen molar-refractivity contribution < 1.29 is 9.18 Å². The monoisotopic (exact) mass is 595 g/mol. The zero-order chi connectivity index (χ0) is 29.5. The number of pyridine rings is 1. The van der Waals surface area contributed by atoms with E-state index in [9.17, 15) is 19.2 Å². The Balaban J connectivity index is 1.69. The number of carbonyl (C=O) groups excluding carboxylic acids is 1. The van der Waals surface area contributed by atoms with Crippen molar-refractivity contribution in [1.29, 1.82) is 5.26 Å². The number of hydrogen-bond donors (Lipinski definition) is 0. The molecule has 0 aliphatic carbocycles. The van der Waals surface area contributed by atoms with Crippen LogP contribution in [0.1, 0.15) is 69.1 Å². The van der Waals surface area contributed by atoms with E-state index < -0.39 is 0 Å². The second-order valence-electron chi connectivity index (χ2n) is 10.5. The summed E-state index contributed by atoms with van der Waals surface area (Å²) in [6, 6.07) is 8.85. The Morgan fingerprint density at radius 1 is 1.00 bits per heavy atom. The van der Waals surface area contributed by atoms with E-state index in [1.165, 1.54) is 24.2 Å². The second-order valence-corrected chi connectivity index (χ2v) is 12.2. The van der Waals surface area contributed by atoms with E-state index >= 15 is 0 Å². The van der Waals surface area contributed by atoms with Crippen LogP contribution in [0.2, 0.25) is 0 Å². The molecule has 1 amide bonds. The number of unbranched alkanes of at least 4 members (excludes halogenated alkanes) is 4. The van der Waals surface area contributed by atoms with Crippen molar-refractivity contribution >= 4 is 51.8 Å². The van der Waals surface area contributed by atoms with Gasteiger partial charge in [-0.1, -0.05) is 75.6 Å². The summed E-state index contributed by atoms with van der Waals surface area (Å²) >= 11 is 6.86. The number of halogens is 1. The van der Waals surface area contributed by atoms with Gasteiger partial charge < -0.3 is 9.80 Å². The van der Waals surface area contributed by atoms with Crippen molar-refractivity contribution in [2.45, 2.75) is 65.8 Å². The first kappa shape index (κ1) is 30.8. The van der Waals surface area contributed by atoms with Crippen molar-refractivity contribution in [2.24, 2.45) is 0 Å². The van der Waals surface area contributed by atoms with Crippen molar-refractivity contribution in [1.82, 2.24) is 9.47 Å². The summed E-state index contributed by atoms with van der Waals surface area (Å²) in [5.41, 5.74) is 1.58. The molecule has 0 spiro atoms. The highest BCUT2D eigenvalue weighted by Crippen LogP contribution is 2.36. The normalized spacial score (nSPS) is 16.7. The van der Waals surface area contributed by atoms with Crippen LogP contribution in [-0.2, 0) is 11.3 Å². The van der Waals surface area contributed by atoms with Gasteiger partial charge in [-0.05, 0) is 43.5 Å². The highest BCUT2D eigenvalue weighted by atomic mass is 32.2. The molecule has 0 unspecified atom stereocenters. The molecule has 2 fully saturated rings. The van der Waals surface area contributed by atoms with Gasteiger partial charge in [0, 0.05) is 44.8 Å². The SMILES string of the molecule is CCCCCCCN1C(=O)/C(=C/c2c(C)c(C#N)c(=O)n(CCC)c2N2CCN(c3ccccc3F)CC2)SC1=S. The zero-order valence-corrected chi connectivity index (χ0v) is 25.8. The van der Waals surface area contributed by atoms with E-state index in [0.717, 1.165) is 25.7 Å². The van der Waals surface area contributed by atoms with E-state index in [4.69, 9.17) is 12.2 Å². The Morgan fingerprint density at radius 2 is 1.68 bits per heavy atom. The van der Waals surface area contributed by atoms with Crippen LogP contribution in [0.5, 0.6) is 0 Å². The number of benzene rings is 1. The summed E-state index contributed by atoms with van der Waals surface area (Å²) in [5.74, 6) is 0.314. The fourth-order valence-corrected chi connectivity index (χ4v) is 6.77. The van der Waals surface area contributed by atoms with Gasteiger partial charge in [0.1, 0.15) is 27.6 Å². The van der Waals surface area contributed by atoms with Gasteiger partial charge in [0.05, 0.1) is 10.6 Å². The Hall–Kier alpha value is -3.16. The molecule has 0 radical (unpaired) electrons. The number of piperazine rings is 1. The minimum Gasteiger partial charge on any atom is -0.366 e. The van der Waals surface area contributed by atoms with Crippen molar-refractivity contribution in [3.63, 3.8) is 0 Å². The molecule has 10 heteroatoms. The number of aromatic nitrogens is 1. The fourth-order valence-electron chi connectivity index (χ4n) is 5.48. The van der Waals surface area contributed by atoms with Crippen LogP contribution in [0.3, 0.4) is 0 Å². The fraction of sp³-hybridized carbons (Fsp3) is 0.484. The van der Waals surface area contributed by atoms with Gasteiger partial charge in [0.2, 0.25) is 0 Å². The maximum atomic E-state index is 14.5. The van der Waals surface area contributed by atoms with Crippen molar-refractivity contribution in [2.75, 3.05) is 42.5 Å². The summed E-state index contributed by atoms with van der Waals surface area (Å²) in [4.78, 5) is 33.3. The Kier molecular flexibility index (Phi) is 10.6. The summed E-state index contributed by atoms with van der Waals surface area (Å²) in [6.45, 7) is 9.22. The molecule has 2 aliphatic rings. The van der Waals surface area contributed by atoms with Crippen LogP contribution in [0.25, 0.3) is 6.08 Å². The van der Waals surface area contributed by atoms with E-state index in [-0.39, 0.29) is 22.8 Å². The number of thioether (sulfide) groups is 1. The molecule has 2 aliphatic heterocycles. The Labute approximate surface area is 251 Å². The lowest BCUT2D eigenvalue weighted by Crippen LogP contribution is -2.49. The molecular weight excluding hydrogens is 558 g/mol. The maximum Gasteiger partial charge on any atom is 0.270 e. The molecule has 1 aromatic heterocycles. The van der Waals surface area contributed by atoms with Crippen LogP contribution in [0, 0.1) is 24.1 Å². The lowest BCUT2D eigenvalue weighted by atomic mass is 10.0. The van der Waals surface area contributed by atoms with Gasteiger partial charge in [-0.15, -0.1) is 0 Å². The summed E-state index contributed by atoms with van der Waals surface area (Å²) in [5, 5.41) is 9.92. The maximum absolute atomic E-state index is 14.5. The first-order valence-corrected chi connectivity index (χ1v) is 15.7. The molecule has 2 aromatic rings.